The van der Waals surface area contributed by atoms with E-state index < -0.39 is 43.5 Å². The van der Waals surface area contributed by atoms with Crippen LogP contribution in [0.25, 0.3) is 0 Å². The first-order chi connectivity index (χ1) is 18.9. The summed E-state index contributed by atoms with van der Waals surface area (Å²) in [5.41, 5.74) is 1.25. The molecule has 1 aliphatic rings. The molecule has 41 heavy (non-hydrogen) atoms. The van der Waals surface area contributed by atoms with Gasteiger partial charge >= 0.3 is 0 Å². The molecule has 0 bridgehead atoms. The van der Waals surface area contributed by atoms with Gasteiger partial charge in [0.2, 0.25) is 12.6 Å². The Labute approximate surface area is 249 Å². The molecule has 0 aromatic carbocycles. The van der Waals surface area contributed by atoms with Crippen LogP contribution in [0.15, 0.2) is 11.6 Å². The third-order valence-corrected chi connectivity index (χ3v) is 7.75. The van der Waals surface area contributed by atoms with Gasteiger partial charge in [0.25, 0.3) is 0 Å². The fraction of sp³-hybridized carbons (Fsp3) is 0.938. The molecule has 1 fully saturated rings. The molecule has 0 aromatic heterocycles. The van der Waals surface area contributed by atoms with Crippen LogP contribution in [0.3, 0.4) is 0 Å². The summed E-state index contributed by atoms with van der Waals surface area (Å²) < 4.78 is 33.2. The molecule has 9 heteroatoms. The molecule has 1 heterocycles. The predicted molar refractivity (Wildman–Crippen MR) is 160 cm³/mol. The molecule has 0 aromatic rings. The molecule has 0 radical (unpaired) electrons. The molecule has 9 nitrogen and oxygen atoms in total. The number of aliphatic hydroxyl groups is 3. The van der Waals surface area contributed by atoms with E-state index in [0.717, 1.165) is 19.3 Å². The lowest BCUT2D eigenvalue weighted by atomic mass is 9.69. The highest BCUT2D eigenvalue weighted by Crippen LogP contribution is 2.42. The number of epoxide rings is 1. The average molecular weight is 591 g/mol. The summed E-state index contributed by atoms with van der Waals surface area (Å²) in [7, 11) is 1.47. The molecular weight excluding hydrogens is 528 g/mol. The maximum atomic E-state index is 11.7. The highest BCUT2D eigenvalue weighted by molar-refractivity contribution is 5.17. The van der Waals surface area contributed by atoms with Crippen molar-refractivity contribution >= 4 is 0 Å². The van der Waals surface area contributed by atoms with Crippen LogP contribution in [-0.2, 0) is 28.4 Å². The number of hydrogen-bond acceptors (Lipinski definition) is 9. The Bertz CT molecular complexity index is 750. The Kier molecular flexibility index (Phi) is 16.5. The number of allylic oxidation sites excluding steroid dienone is 2. The summed E-state index contributed by atoms with van der Waals surface area (Å²) in [5, 5.41) is 33.1. The summed E-state index contributed by atoms with van der Waals surface area (Å²) in [4.78, 5) is 0. The number of ether oxygens (including phenoxy) is 6. The molecule has 8 unspecified atom stereocenters. The van der Waals surface area contributed by atoms with Gasteiger partial charge in [-0.1, -0.05) is 74.0 Å². The number of methoxy groups -OCH3 is 1. The first-order valence-electron chi connectivity index (χ1n) is 15.4. The maximum absolute atomic E-state index is 11.7. The van der Waals surface area contributed by atoms with E-state index in [1.54, 1.807) is 6.92 Å². The molecule has 1 aliphatic heterocycles. The summed E-state index contributed by atoms with van der Waals surface area (Å²) in [6.07, 6.45) is -1.37. The summed E-state index contributed by atoms with van der Waals surface area (Å²) in [6.45, 7) is 23.1. The molecule has 3 N–H and O–H groups in total. The largest absolute Gasteiger partial charge is 0.390 e. The van der Waals surface area contributed by atoms with Crippen molar-refractivity contribution < 1.29 is 43.7 Å². The zero-order chi connectivity index (χ0) is 31.5. The fourth-order valence-electron chi connectivity index (χ4n) is 4.86. The predicted octanol–water partition coefficient (Wildman–Crippen LogP) is 5.74. The van der Waals surface area contributed by atoms with Crippen LogP contribution in [0.4, 0.5) is 0 Å². The maximum Gasteiger partial charge on any atom is 0.212 e. The van der Waals surface area contributed by atoms with Crippen molar-refractivity contribution in [1.82, 2.24) is 0 Å². The third kappa shape index (κ3) is 14.1. The minimum atomic E-state index is -1.65. The molecule has 0 amide bonds. The SMILES string of the molecule is CCC(C)(CC(O)C(CCC(C)C)OC(OC1OC1C)[C@H](O)OC(O)C(C)OCOC)/C(=C\CC(C)(C)C)C(C)C. The molecule has 0 spiro atoms. The second-order valence-corrected chi connectivity index (χ2v) is 13.8. The Balaban J connectivity index is 3.20. The van der Waals surface area contributed by atoms with E-state index in [1.165, 1.54) is 12.7 Å². The number of rotatable bonds is 21. The lowest BCUT2D eigenvalue weighted by Crippen LogP contribution is -2.45. The van der Waals surface area contributed by atoms with Gasteiger partial charge in [-0.3, -0.25) is 0 Å². The van der Waals surface area contributed by atoms with E-state index in [0.29, 0.717) is 24.7 Å². The lowest BCUT2D eigenvalue weighted by molar-refractivity contribution is -0.341. The van der Waals surface area contributed by atoms with Crippen molar-refractivity contribution in [2.24, 2.45) is 22.7 Å². The normalized spacial score (nSPS) is 24.2. The van der Waals surface area contributed by atoms with E-state index in [4.69, 9.17) is 28.4 Å². The second-order valence-electron chi connectivity index (χ2n) is 13.8. The van der Waals surface area contributed by atoms with Crippen LogP contribution in [0.1, 0.15) is 108 Å². The molecular formula is C32H62O9. The molecule has 1 saturated heterocycles. The first-order valence-corrected chi connectivity index (χ1v) is 15.4. The lowest BCUT2D eigenvalue weighted by Gasteiger charge is -2.39. The van der Waals surface area contributed by atoms with Crippen molar-refractivity contribution in [3.8, 4) is 0 Å². The Hall–Kier alpha value is -0.620. The number of aliphatic hydroxyl groups excluding tert-OH is 3. The quantitative estimate of drug-likeness (QED) is 0.0873. The summed E-state index contributed by atoms with van der Waals surface area (Å²) >= 11 is 0. The van der Waals surface area contributed by atoms with Crippen molar-refractivity contribution in [1.29, 1.82) is 0 Å². The van der Waals surface area contributed by atoms with Gasteiger partial charge in [0.1, 0.15) is 19.0 Å². The van der Waals surface area contributed by atoms with Gasteiger partial charge in [-0.15, -0.1) is 0 Å². The average Bonchev–Trinajstić information content (AvgIpc) is 3.56. The van der Waals surface area contributed by atoms with Crippen LogP contribution in [0, 0.1) is 22.7 Å². The minimum absolute atomic E-state index is 0.0379. The van der Waals surface area contributed by atoms with E-state index in [9.17, 15) is 15.3 Å². The summed E-state index contributed by atoms with van der Waals surface area (Å²) in [6, 6.07) is 0. The van der Waals surface area contributed by atoms with Crippen molar-refractivity contribution in [2.45, 2.75) is 158 Å². The van der Waals surface area contributed by atoms with Crippen LogP contribution in [-0.4, -0.2) is 78.8 Å². The first kappa shape index (κ1) is 38.4. The Morgan fingerprint density at radius 1 is 0.951 bits per heavy atom. The molecule has 9 atom stereocenters. The smallest absolute Gasteiger partial charge is 0.212 e. The highest BCUT2D eigenvalue weighted by Gasteiger charge is 2.43. The third-order valence-electron chi connectivity index (χ3n) is 7.75. The highest BCUT2D eigenvalue weighted by atomic mass is 16.8. The molecule has 1 rings (SSSR count). The van der Waals surface area contributed by atoms with Gasteiger partial charge in [-0.05, 0) is 68.6 Å². The van der Waals surface area contributed by atoms with Crippen molar-refractivity contribution in [3.63, 3.8) is 0 Å². The zero-order valence-electron chi connectivity index (χ0n) is 27.9. The van der Waals surface area contributed by atoms with Gasteiger partial charge in [0.05, 0.1) is 12.2 Å². The monoisotopic (exact) mass is 590 g/mol. The van der Waals surface area contributed by atoms with Gasteiger partial charge in [0.15, 0.2) is 12.6 Å². The molecule has 0 saturated carbocycles. The van der Waals surface area contributed by atoms with Crippen LogP contribution in [0.2, 0.25) is 0 Å². The topological polar surface area (TPSA) is 119 Å². The van der Waals surface area contributed by atoms with Gasteiger partial charge < -0.3 is 43.7 Å². The number of hydrogen-bond donors (Lipinski definition) is 3. The van der Waals surface area contributed by atoms with Crippen molar-refractivity contribution in [3.05, 3.63) is 11.6 Å². The van der Waals surface area contributed by atoms with E-state index in [-0.39, 0.29) is 23.7 Å². The summed E-state index contributed by atoms with van der Waals surface area (Å²) in [5.74, 6) is 0.713. The van der Waals surface area contributed by atoms with Gasteiger partial charge in [-0.25, -0.2) is 0 Å². The van der Waals surface area contributed by atoms with Gasteiger partial charge in [-0.2, -0.15) is 0 Å². The van der Waals surface area contributed by atoms with Crippen molar-refractivity contribution in [2.75, 3.05) is 13.9 Å². The Morgan fingerprint density at radius 3 is 2.02 bits per heavy atom. The van der Waals surface area contributed by atoms with Crippen LogP contribution in [0.5, 0.6) is 0 Å². The standard InChI is InChI=1S/C32H62O9/c1-13-32(11,24(21(4)5)16-17-31(8,9)10)18-25(33)26(15-14-20(2)3)39-30(41-29-23(7)38-29)28(35)40-27(34)22(6)37-19-36-12/h16,20-23,25-30,33-35H,13-15,17-19H2,1-12H3/b24-16-/t22?,23?,25?,26?,27?,28-,29?,30?,32?/m1/s1. The van der Waals surface area contributed by atoms with Crippen LogP contribution < -0.4 is 0 Å². The fourth-order valence-corrected chi connectivity index (χ4v) is 4.86. The van der Waals surface area contributed by atoms with E-state index >= 15 is 0 Å². The minimum Gasteiger partial charge on any atom is -0.390 e. The Morgan fingerprint density at radius 2 is 1.56 bits per heavy atom. The molecule has 0 aliphatic carbocycles. The van der Waals surface area contributed by atoms with E-state index in [2.05, 4.69) is 68.4 Å². The van der Waals surface area contributed by atoms with E-state index in [1.807, 2.05) is 6.92 Å². The zero-order valence-corrected chi connectivity index (χ0v) is 27.9. The molecule has 244 valence electrons. The van der Waals surface area contributed by atoms with Gasteiger partial charge in [0, 0.05) is 7.11 Å². The van der Waals surface area contributed by atoms with Crippen LogP contribution >= 0.6 is 0 Å². The second kappa shape index (κ2) is 17.6.